The Kier molecular flexibility index (Phi) is 5.11. The molecular weight excluding hydrogens is 296 g/mol. The molecule has 0 fully saturated rings. The second-order valence-corrected chi connectivity index (χ2v) is 5.07. The van der Waals surface area contributed by atoms with Crippen molar-refractivity contribution in [2.75, 3.05) is 21.3 Å². The number of ether oxygens (including phenoxy) is 3. The highest BCUT2D eigenvalue weighted by Crippen LogP contribution is 2.36. The molecule has 0 amide bonds. The molecule has 0 bridgehead atoms. The molecule has 0 spiro atoms. The first-order valence-corrected chi connectivity index (χ1v) is 7.15. The lowest BCUT2D eigenvalue weighted by Gasteiger charge is -2.18. The van der Waals surface area contributed by atoms with Crippen LogP contribution in [0.1, 0.15) is 34.3 Å². The number of carbonyl (C=O) groups is 1. The molecule has 0 radical (unpaired) electrons. The third-order valence-corrected chi connectivity index (χ3v) is 3.87. The van der Waals surface area contributed by atoms with Crippen LogP contribution >= 0.6 is 0 Å². The van der Waals surface area contributed by atoms with E-state index in [1.807, 2.05) is 25.1 Å². The predicted molar refractivity (Wildman–Crippen MR) is 87.0 cm³/mol. The molecule has 5 heteroatoms. The predicted octanol–water partition coefficient (Wildman–Crippen LogP) is 3.56. The molecule has 1 N–H and O–H groups in total. The van der Waals surface area contributed by atoms with Gasteiger partial charge in [-0.15, -0.1) is 0 Å². The molecule has 2 aromatic carbocycles. The Labute approximate surface area is 135 Å². The van der Waals surface area contributed by atoms with E-state index in [0.29, 0.717) is 22.8 Å². The lowest BCUT2D eigenvalue weighted by Crippen LogP contribution is -2.09. The summed E-state index contributed by atoms with van der Waals surface area (Å²) in [5.41, 5.74) is 1.79. The molecule has 0 aliphatic heterocycles. The molecule has 2 aromatic rings. The number of carboxylic acids is 1. The summed E-state index contributed by atoms with van der Waals surface area (Å²) in [6.45, 7) is 1.95. The van der Waals surface area contributed by atoms with Crippen LogP contribution in [0, 0.1) is 0 Å². The van der Waals surface area contributed by atoms with E-state index in [9.17, 15) is 9.90 Å². The van der Waals surface area contributed by atoms with Gasteiger partial charge in [-0.1, -0.05) is 25.1 Å². The molecular formula is C18H20O5. The number of methoxy groups -OCH3 is 3. The van der Waals surface area contributed by atoms with Crippen LogP contribution in [-0.4, -0.2) is 32.4 Å². The highest BCUT2D eigenvalue weighted by molar-refractivity contribution is 5.93. The standard InChI is InChI=1S/C18H20O5/c1-11(12-8-9-14(21-2)16(10-12)23-4)13-6-5-7-15(22-3)17(13)18(19)20/h5-11H,1-4H3,(H,19,20). The van der Waals surface area contributed by atoms with Gasteiger partial charge in [-0.2, -0.15) is 0 Å². The fourth-order valence-corrected chi connectivity index (χ4v) is 2.61. The van der Waals surface area contributed by atoms with Gasteiger partial charge in [-0.05, 0) is 29.3 Å². The quantitative estimate of drug-likeness (QED) is 0.882. The van der Waals surface area contributed by atoms with Gasteiger partial charge >= 0.3 is 5.97 Å². The van der Waals surface area contributed by atoms with E-state index in [2.05, 4.69) is 0 Å². The molecule has 0 aromatic heterocycles. The summed E-state index contributed by atoms with van der Waals surface area (Å²) in [7, 11) is 4.61. The van der Waals surface area contributed by atoms with Gasteiger partial charge in [-0.3, -0.25) is 0 Å². The van der Waals surface area contributed by atoms with E-state index in [-0.39, 0.29) is 11.5 Å². The maximum Gasteiger partial charge on any atom is 0.339 e. The Balaban J connectivity index is 2.53. The van der Waals surface area contributed by atoms with Crippen molar-refractivity contribution in [2.24, 2.45) is 0 Å². The maximum absolute atomic E-state index is 11.6. The number of benzene rings is 2. The van der Waals surface area contributed by atoms with Gasteiger partial charge in [0, 0.05) is 5.92 Å². The van der Waals surface area contributed by atoms with Crippen molar-refractivity contribution >= 4 is 5.97 Å². The van der Waals surface area contributed by atoms with Crippen LogP contribution in [0.3, 0.4) is 0 Å². The van der Waals surface area contributed by atoms with Crippen LogP contribution in [0.15, 0.2) is 36.4 Å². The van der Waals surface area contributed by atoms with Crippen molar-refractivity contribution in [2.45, 2.75) is 12.8 Å². The molecule has 0 heterocycles. The van der Waals surface area contributed by atoms with Crippen molar-refractivity contribution in [3.05, 3.63) is 53.1 Å². The molecule has 0 aliphatic carbocycles. The zero-order valence-electron chi connectivity index (χ0n) is 13.6. The van der Waals surface area contributed by atoms with Crippen molar-refractivity contribution in [1.82, 2.24) is 0 Å². The first kappa shape index (κ1) is 16.7. The second kappa shape index (κ2) is 7.05. The third-order valence-electron chi connectivity index (χ3n) is 3.87. The number of hydrogen-bond donors (Lipinski definition) is 1. The van der Waals surface area contributed by atoms with E-state index in [1.54, 1.807) is 32.4 Å². The summed E-state index contributed by atoms with van der Waals surface area (Å²) in [6, 6.07) is 10.8. The molecule has 1 atom stereocenters. The zero-order chi connectivity index (χ0) is 17.0. The maximum atomic E-state index is 11.6. The normalized spacial score (nSPS) is 11.7. The summed E-state index contributed by atoms with van der Waals surface area (Å²) in [4.78, 5) is 11.6. The minimum atomic E-state index is -1.01. The highest BCUT2D eigenvalue weighted by atomic mass is 16.5. The molecule has 0 aliphatic rings. The Bertz CT molecular complexity index is 709. The topological polar surface area (TPSA) is 65.0 Å². The van der Waals surface area contributed by atoms with E-state index < -0.39 is 5.97 Å². The van der Waals surface area contributed by atoms with Gasteiger partial charge in [0.05, 0.1) is 21.3 Å². The average Bonchev–Trinajstić information content (AvgIpc) is 2.59. The first-order valence-electron chi connectivity index (χ1n) is 7.15. The Morgan fingerprint density at radius 2 is 1.61 bits per heavy atom. The Morgan fingerprint density at radius 1 is 0.957 bits per heavy atom. The van der Waals surface area contributed by atoms with Crippen LogP contribution in [0.4, 0.5) is 0 Å². The fourth-order valence-electron chi connectivity index (χ4n) is 2.61. The lowest BCUT2D eigenvalue weighted by molar-refractivity contribution is 0.0692. The van der Waals surface area contributed by atoms with Gasteiger partial charge in [0.1, 0.15) is 11.3 Å². The molecule has 0 saturated carbocycles. The number of aromatic carboxylic acids is 1. The molecule has 1 unspecified atom stereocenters. The highest BCUT2D eigenvalue weighted by Gasteiger charge is 2.22. The van der Waals surface area contributed by atoms with Gasteiger partial charge in [-0.25, -0.2) is 4.79 Å². The molecule has 5 nitrogen and oxygen atoms in total. The van der Waals surface area contributed by atoms with Crippen LogP contribution in [0.25, 0.3) is 0 Å². The van der Waals surface area contributed by atoms with E-state index in [1.165, 1.54) is 7.11 Å². The minimum absolute atomic E-state index is 0.143. The molecule has 23 heavy (non-hydrogen) atoms. The van der Waals surface area contributed by atoms with Crippen molar-refractivity contribution in [3.63, 3.8) is 0 Å². The number of hydrogen-bond acceptors (Lipinski definition) is 4. The summed E-state index contributed by atoms with van der Waals surface area (Å²) >= 11 is 0. The van der Waals surface area contributed by atoms with Crippen LogP contribution in [0.5, 0.6) is 17.2 Å². The number of rotatable bonds is 6. The largest absolute Gasteiger partial charge is 0.496 e. The minimum Gasteiger partial charge on any atom is -0.496 e. The zero-order valence-corrected chi connectivity index (χ0v) is 13.6. The van der Waals surface area contributed by atoms with Crippen molar-refractivity contribution in [3.8, 4) is 17.2 Å². The van der Waals surface area contributed by atoms with Crippen molar-refractivity contribution < 1.29 is 24.1 Å². The van der Waals surface area contributed by atoms with Gasteiger partial charge in [0.2, 0.25) is 0 Å². The SMILES string of the molecule is COc1ccc(C(C)c2cccc(OC)c2C(=O)O)cc1OC. The fraction of sp³-hybridized carbons (Fsp3) is 0.278. The van der Waals surface area contributed by atoms with Gasteiger partial charge < -0.3 is 19.3 Å². The molecule has 0 saturated heterocycles. The molecule has 2 rings (SSSR count). The monoisotopic (exact) mass is 316 g/mol. The van der Waals surface area contributed by atoms with Crippen LogP contribution in [-0.2, 0) is 0 Å². The first-order chi connectivity index (χ1) is 11.0. The van der Waals surface area contributed by atoms with Crippen molar-refractivity contribution in [1.29, 1.82) is 0 Å². The van der Waals surface area contributed by atoms with Crippen LogP contribution < -0.4 is 14.2 Å². The third kappa shape index (κ3) is 3.23. The molecule has 122 valence electrons. The second-order valence-electron chi connectivity index (χ2n) is 5.07. The summed E-state index contributed by atoms with van der Waals surface area (Å²) in [5, 5.41) is 9.53. The Morgan fingerprint density at radius 3 is 2.17 bits per heavy atom. The van der Waals surface area contributed by atoms with Crippen LogP contribution in [0.2, 0.25) is 0 Å². The lowest BCUT2D eigenvalue weighted by atomic mass is 9.89. The Hall–Kier alpha value is -2.69. The smallest absolute Gasteiger partial charge is 0.339 e. The van der Waals surface area contributed by atoms with Gasteiger partial charge in [0.25, 0.3) is 0 Å². The summed E-state index contributed by atoms with van der Waals surface area (Å²) < 4.78 is 15.7. The van der Waals surface area contributed by atoms with Gasteiger partial charge in [0.15, 0.2) is 11.5 Å². The number of carboxylic acid groups (broad SMARTS) is 1. The summed E-state index contributed by atoms with van der Waals surface area (Å²) in [5.74, 6) is 0.437. The summed E-state index contributed by atoms with van der Waals surface area (Å²) in [6.07, 6.45) is 0. The van der Waals surface area contributed by atoms with E-state index in [4.69, 9.17) is 14.2 Å². The van der Waals surface area contributed by atoms with E-state index >= 15 is 0 Å². The van der Waals surface area contributed by atoms with E-state index in [0.717, 1.165) is 5.56 Å². The average molecular weight is 316 g/mol.